The number of hydrogen-bond acceptors (Lipinski definition) is 4. The predicted molar refractivity (Wildman–Crippen MR) is 116 cm³/mol. The third-order valence-corrected chi connectivity index (χ3v) is 6.06. The van der Waals surface area contributed by atoms with Crippen LogP contribution in [0.3, 0.4) is 0 Å². The summed E-state index contributed by atoms with van der Waals surface area (Å²) in [7, 11) is 4.67. The molecule has 0 spiro atoms. The van der Waals surface area contributed by atoms with Gasteiger partial charge in [0.25, 0.3) is 0 Å². The highest BCUT2D eigenvalue weighted by Crippen LogP contribution is 2.39. The fourth-order valence-electron chi connectivity index (χ4n) is 4.14. The number of carbonyl (C=O) groups is 1. The van der Waals surface area contributed by atoms with Crippen LogP contribution in [-0.2, 0) is 0 Å². The maximum atomic E-state index is 12.8. The number of ether oxygens (including phenoxy) is 3. The molecule has 0 saturated carbocycles. The highest BCUT2D eigenvalue weighted by Gasteiger charge is 2.33. The molecule has 2 amide bonds. The number of likely N-dealkylation sites (tertiary alicyclic amines) is 1. The van der Waals surface area contributed by atoms with Crippen molar-refractivity contribution in [2.45, 2.75) is 46.1 Å². The molecule has 1 saturated heterocycles. The second-order valence-electron chi connectivity index (χ2n) is 8.21. The molecule has 0 bridgehead atoms. The van der Waals surface area contributed by atoms with Gasteiger partial charge in [-0.05, 0) is 32.1 Å². The minimum Gasteiger partial charge on any atom is -0.493 e. The van der Waals surface area contributed by atoms with Crippen molar-refractivity contribution < 1.29 is 23.5 Å². The lowest BCUT2D eigenvalue weighted by Crippen LogP contribution is -2.59. The summed E-state index contributed by atoms with van der Waals surface area (Å²) in [5.74, 6) is 1.86. The van der Waals surface area contributed by atoms with Crippen molar-refractivity contribution >= 4 is 11.7 Å². The monoisotopic (exact) mass is 408 g/mol. The first kappa shape index (κ1) is 23.1. The fourth-order valence-corrected chi connectivity index (χ4v) is 4.14. The Balaban J connectivity index is 2.11. The Kier molecular flexibility index (Phi) is 8.44. The van der Waals surface area contributed by atoms with Crippen LogP contribution in [0.5, 0.6) is 17.2 Å². The standard InChI is InChI=1S/C22H37N3O4/c1-7-25(11-9-8-10-12-25)15-18(16(2)3)24-22(26)23-17-13-19(27-4)21(29-6)20(14-17)28-5/h13-14,16,18H,7-12,15H2,1-6H3,(H-,23,24,26)/p+1. The molecule has 1 aliphatic heterocycles. The Morgan fingerprint density at radius 1 is 1.03 bits per heavy atom. The lowest BCUT2D eigenvalue weighted by atomic mass is 9.99. The highest BCUT2D eigenvalue weighted by atomic mass is 16.5. The smallest absolute Gasteiger partial charge is 0.319 e. The molecule has 1 aromatic rings. The van der Waals surface area contributed by atoms with Gasteiger partial charge in [-0.2, -0.15) is 0 Å². The molecule has 1 fully saturated rings. The first-order valence-corrected chi connectivity index (χ1v) is 10.6. The zero-order valence-corrected chi connectivity index (χ0v) is 18.8. The SMILES string of the molecule is CC[N+]1(CC(NC(=O)Nc2cc(OC)c(OC)c(OC)c2)C(C)C)CCCCC1. The number of benzene rings is 1. The van der Waals surface area contributed by atoms with Crippen molar-refractivity contribution in [3.8, 4) is 17.2 Å². The highest BCUT2D eigenvalue weighted by molar-refractivity contribution is 5.90. The predicted octanol–water partition coefficient (Wildman–Crippen LogP) is 3.88. The van der Waals surface area contributed by atoms with Gasteiger partial charge in [0, 0.05) is 12.1 Å². The molecule has 7 heteroatoms. The number of likely N-dealkylation sites (N-methyl/N-ethyl adjacent to an activating group) is 1. The molecule has 0 aliphatic carbocycles. The fraction of sp³-hybridized carbons (Fsp3) is 0.682. The summed E-state index contributed by atoms with van der Waals surface area (Å²) in [6.45, 7) is 11.1. The molecular weight excluding hydrogens is 370 g/mol. The van der Waals surface area contributed by atoms with E-state index in [9.17, 15) is 4.79 Å². The topological polar surface area (TPSA) is 68.8 Å². The minimum absolute atomic E-state index is 0.107. The Morgan fingerprint density at radius 3 is 2.07 bits per heavy atom. The van der Waals surface area contributed by atoms with Gasteiger partial charge in [0.2, 0.25) is 5.75 Å². The van der Waals surface area contributed by atoms with Crippen LogP contribution >= 0.6 is 0 Å². The van der Waals surface area contributed by atoms with Gasteiger partial charge in [-0.25, -0.2) is 4.79 Å². The van der Waals surface area contributed by atoms with Crippen molar-refractivity contribution in [2.75, 3.05) is 52.8 Å². The average molecular weight is 409 g/mol. The lowest BCUT2D eigenvalue weighted by molar-refractivity contribution is -0.932. The second kappa shape index (κ2) is 10.6. The molecule has 1 atom stereocenters. The number of piperidine rings is 1. The minimum atomic E-state index is -0.218. The molecule has 1 heterocycles. The Bertz CT molecular complexity index is 647. The largest absolute Gasteiger partial charge is 0.493 e. The normalized spacial score (nSPS) is 16.8. The van der Waals surface area contributed by atoms with E-state index < -0.39 is 0 Å². The van der Waals surface area contributed by atoms with Crippen LogP contribution in [0.2, 0.25) is 0 Å². The van der Waals surface area contributed by atoms with Crippen molar-refractivity contribution in [1.29, 1.82) is 0 Å². The molecular formula is C22H38N3O4+. The van der Waals surface area contributed by atoms with Gasteiger partial charge >= 0.3 is 6.03 Å². The number of nitrogens with one attached hydrogen (secondary N) is 2. The van der Waals surface area contributed by atoms with Crippen molar-refractivity contribution in [3.05, 3.63) is 12.1 Å². The van der Waals surface area contributed by atoms with Gasteiger partial charge in [0.05, 0.1) is 59.2 Å². The molecule has 0 radical (unpaired) electrons. The van der Waals surface area contributed by atoms with E-state index in [1.165, 1.54) is 32.4 Å². The first-order chi connectivity index (χ1) is 13.9. The zero-order chi connectivity index (χ0) is 21.4. The number of anilines is 1. The number of urea groups is 1. The van der Waals surface area contributed by atoms with E-state index in [2.05, 4.69) is 31.4 Å². The Hall–Kier alpha value is -2.15. The van der Waals surface area contributed by atoms with E-state index in [4.69, 9.17) is 14.2 Å². The number of amides is 2. The number of hydrogen-bond donors (Lipinski definition) is 2. The van der Waals surface area contributed by atoms with Gasteiger partial charge in [-0.15, -0.1) is 0 Å². The first-order valence-electron chi connectivity index (χ1n) is 10.6. The van der Waals surface area contributed by atoms with Gasteiger partial charge < -0.3 is 29.3 Å². The zero-order valence-electron chi connectivity index (χ0n) is 18.8. The van der Waals surface area contributed by atoms with Crippen LogP contribution in [-0.4, -0.2) is 64.1 Å². The quantitative estimate of drug-likeness (QED) is 0.609. The maximum absolute atomic E-state index is 12.8. The number of nitrogens with zero attached hydrogens (tertiary/aromatic N) is 1. The van der Waals surface area contributed by atoms with E-state index >= 15 is 0 Å². The van der Waals surface area contributed by atoms with Crippen LogP contribution in [0.4, 0.5) is 10.5 Å². The third kappa shape index (κ3) is 5.92. The summed E-state index contributed by atoms with van der Waals surface area (Å²) < 4.78 is 17.2. The van der Waals surface area contributed by atoms with E-state index in [0.717, 1.165) is 17.6 Å². The summed E-state index contributed by atoms with van der Waals surface area (Å²) in [5, 5.41) is 6.12. The number of rotatable bonds is 9. The molecule has 2 rings (SSSR count). The van der Waals surface area contributed by atoms with E-state index in [1.807, 2.05) is 0 Å². The number of quaternary nitrogens is 1. The van der Waals surface area contributed by atoms with Crippen LogP contribution < -0.4 is 24.8 Å². The van der Waals surface area contributed by atoms with Crippen molar-refractivity contribution in [2.24, 2.45) is 5.92 Å². The average Bonchev–Trinajstić information content (AvgIpc) is 2.72. The number of methoxy groups -OCH3 is 3. The molecule has 1 aromatic carbocycles. The van der Waals surface area contributed by atoms with Crippen LogP contribution in [0.25, 0.3) is 0 Å². The molecule has 1 aliphatic rings. The van der Waals surface area contributed by atoms with E-state index in [-0.39, 0.29) is 12.1 Å². The van der Waals surface area contributed by atoms with Crippen molar-refractivity contribution in [3.63, 3.8) is 0 Å². The van der Waals surface area contributed by atoms with E-state index in [0.29, 0.717) is 28.9 Å². The Labute approximate surface area is 175 Å². The van der Waals surface area contributed by atoms with Crippen LogP contribution in [0.15, 0.2) is 12.1 Å². The van der Waals surface area contributed by atoms with Gasteiger partial charge in [0.1, 0.15) is 0 Å². The van der Waals surface area contributed by atoms with Gasteiger partial charge in [-0.1, -0.05) is 13.8 Å². The van der Waals surface area contributed by atoms with Crippen molar-refractivity contribution in [1.82, 2.24) is 5.32 Å². The summed E-state index contributed by atoms with van der Waals surface area (Å²) in [6.07, 6.45) is 3.87. The summed E-state index contributed by atoms with van der Waals surface area (Å²) in [6, 6.07) is 3.35. The molecule has 7 nitrogen and oxygen atoms in total. The van der Waals surface area contributed by atoms with Gasteiger partial charge in [0.15, 0.2) is 11.5 Å². The maximum Gasteiger partial charge on any atom is 0.319 e. The molecule has 164 valence electrons. The molecule has 1 unspecified atom stereocenters. The Morgan fingerprint density at radius 2 is 1.62 bits per heavy atom. The summed E-state index contributed by atoms with van der Waals surface area (Å²) in [5.41, 5.74) is 0.594. The molecule has 29 heavy (non-hydrogen) atoms. The van der Waals surface area contributed by atoms with E-state index in [1.54, 1.807) is 33.5 Å². The molecule has 2 N–H and O–H groups in total. The van der Waals surface area contributed by atoms with Crippen LogP contribution in [0.1, 0.15) is 40.0 Å². The summed E-state index contributed by atoms with van der Waals surface area (Å²) >= 11 is 0. The number of carbonyl (C=O) groups excluding carboxylic acids is 1. The van der Waals surface area contributed by atoms with Gasteiger partial charge in [-0.3, -0.25) is 0 Å². The van der Waals surface area contributed by atoms with Crippen LogP contribution in [0, 0.1) is 5.92 Å². The lowest BCUT2D eigenvalue weighted by Gasteiger charge is -2.43. The third-order valence-electron chi connectivity index (χ3n) is 6.06. The second-order valence-corrected chi connectivity index (χ2v) is 8.21. The molecule has 0 aromatic heterocycles. The summed E-state index contributed by atoms with van der Waals surface area (Å²) in [4.78, 5) is 12.8.